The fourth-order valence-electron chi connectivity index (χ4n) is 1.05. The Bertz CT molecular complexity index is 366. The second-order valence-electron chi connectivity index (χ2n) is 3.26. The van der Waals surface area contributed by atoms with Crippen LogP contribution in [-0.4, -0.2) is 12.4 Å². The van der Waals surface area contributed by atoms with Gasteiger partial charge in [0.05, 0.1) is 16.1 Å². The molecule has 1 rings (SSSR count). The van der Waals surface area contributed by atoms with E-state index in [2.05, 4.69) is 15.9 Å². The van der Waals surface area contributed by atoms with Gasteiger partial charge in [0.2, 0.25) is 0 Å². The van der Waals surface area contributed by atoms with E-state index in [9.17, 15) is 9.18 Å². The van der Waals surface area contributed by atoms with Crippen molar-refractivity contribution >= 4 is 22.2 Å². The first-order valence-electron chi connectivity index (χ1n) is 4.69. The zero-order valence-electron chi connectivity index (χ0n) is 8.59. The molecule has 0 spiro atoms. The van der Waals surface area contributed by atoms with Crippen molar-refractivity contribution in [3.63, 3.8) is 0 Å². The van der Waals surface area contributed by atoms with Gasteiger partial charge >= 0.3 is 0 Å². The van der Waals surface area contributed by atoms with Crippen LogP contribution in [0.2, 0.25) is 0 Å². The molecule has 0 N–H and O–H groups in total. The maximum Gasteiger partial charge on any atom is 0.153 e. The number of carbonyl (C=O) groups excluding carboxylic acids is 1. The van der Waals surface area contributed by atoms with Gasteiger partial charge in [-0.1, -0.05) is 6.92 Å². The molecule has 0 heterocycles. The van der Waals surface area contributed by atoms with Crippen molar-refractivity contribution in [1.29, 1.82) is 0 Å². The van der Waals surface area contributed by atoms with Gasteiger partial charge in [-0.05, 0) is 41.4 Å². The van der Waals surface area contributed by atoms with Crippen LogP contribution in [0.25, 0.3) is 0 Å². The average Bonchev–Trinajstić information content (AvgIpc) is 2.22. The Morgan fingerprint density at radius 3 is 2.80 bits per heavy atom. The maximum absolute atomic E-state index is 13.3. The van der Waals surface area contributed by atoms with E-state index in [1.165, 1.54) is 12.1 Å². The van der Waals surface area contributed by atoms with Crippen molar-refractivity contribution in [2.75, 3.05) is 0 Å². The average molecular weight is 275 g/mol. The van der Waals surface area contributed by atoms with Crippen molar-refractivity contribution < 1.29 is 13.9 Å². The van der Waals surface area contributed by atoms with Crippen LogP contribution >= 0.6 is 15.9 Å². The van der Waals surface area contributed by atoms with Crippen LogP contribution in [0.1, 0.15) is 30.6 Å². The summed E-state index contributed by atoms with van der Waals surface area (Å²) in [4.78, 5) is 10.6. The van der Waals surface area contributed by atoms with E-state index in [0.29, 0.717) is 12.0 Å². The Labute approximate surface area is 96.6 Å². The third kappa shape index (κ3) is 3.02. The SMILES string of the molecule is CCC(C)Oc1cc(Br)c(F)c(C=O)c1. The van der Waals surface area contributed by atoms with Crippen molar-refractivity contribution in [3.8, 4) is 5.75 Å². The van der Waals surface area contributed by atoms with Crippen molar-refractivity contribution in [2.24, 2.45) is 0 Å². The highest BCUT2D eigenvalue weighted by atomic mass is 79.9. The summed E-state index contributed by atoms with van der Waals surface area (Å²) < 4.78 is 19.0. The van der Waals surface area contributed by atoms with Gasteiger partial charge < -0.3 is 4.74 Å². The first-order valence-corrected chi connectivity index (χ1v) is 5.48. The molecule has 0 aromatic heterocycles. The molecule has 15 heavy (non-hydrogen) atoms. The molecule has 0 saturated carbocycles. The van der Waals surface area contributed by atoms with Crippen molar-refractivity contribution in [2.45, 2.75) is 26.4 Å². The minimum atomic E-state index is -0.554. The lowest BCUT2D eigenvalue weighted by atomic mass is 10.2. The summed E-state index contributed by atoms with van der Waals surface area (Å²) in [5.74, 6) is -0.0544. The number of hydrogen-bond donors (Lipinski definition) is 0. The van der Waals surface area contributed by atoms with Crippen LogP contribution in [0.3, 0.4) is 0 Å². The van der Waals surface area contributed by atoms with Crippen LogP contribution in [-0.2, 0) is 0 Å². The summed E-state index contributed by atoms with van der Waals surface area (Å²) in [7, 11) is 0. The van der Waals surface area contributed by atoms with E-state index >= 15 is 0 Å². The summed E-state index contributed by atoms with van der Waals surface area (Å²) >= 11 is 3.04. The van der Waals surface area contributed by atoms with E-state index in [-0.39, 0.29) is 16.1 Å². The molecule has 1 aromatic carbocycles. The highest BCUT2D eigenvalue weighted by Crippen LogP contribution is 2.25. The van der Waals surface area contributed by atoms with Gasteiger partial charge in [0.15, 0.2) is 6.29 Å². The Kier molecular flexibility index (Phi) is 4.27. The predicted octanol–water partition coefficient (Wildman–Crippen LogP) is 3.58. The second kappa shape index (κ2) is 5.26. The number of carbonyl (C=O) groups is 1. The quantitative estimate of drug-likeness (QED) is 0.785. The Morgan fingerprint density at radius 2 is 2.27 bits per heavy atom. The van der Waals surface area contributed by atoms with Gasteiger partial charge in [-0.15, -0.1) is 0 Å². The molecule has 82 valence electrons. The van der Waals surface area contributed by atoms with Crippen LogP contribution in [0.4, 0.5) is 4.39 Å². The summed E-state index contributed by atoms with van der Waals surface area (Å²) in [5.41, 5.74) is 0.00248. The van der Waals surface area contributed by atoms with Gasteiger partial charge in [0.1, 0.15) is 11.6 Å². The monoisotopic (exact) mass is 274 g/mol. The largest absolute Gasteiger partial charge is 0.491 e. The number of rotatable bonds is 4. The molecule has 0 amide bonds. The minimum Gasteiger partial charge on any atom is -0.491 e. The molecule has 2 nitrogen and oxygen atoms in total. The zero-order valence-corrected chi connectivity index (χ0v) is 10.2. The molecule has 0 aliphatic rings. The van der Waals surface area contributed by atoms with Crippen LogP contribution in [0.15, 0.2) is 16.6 Å². The summed E-state index contributed by atoms with van der Waals surface area (Å²) in [6, 6.07) is 2.92. The van der Waals surface area contributed by atoms with Crippen LogP contribution in [0.5, 0.6) is 5.75 Å². The standard InChI is InChI=1S/C11H12BrFO2/c1-3-7(2)15-9-4-8(6-14)11(13)10(12)5-9/h4-7H,3H2,1-2H3. The van der Waals surface area contributed by atoms with Gasteiger partial charge in [-0.25, -0.2) is 4.39 Å². The summed E-state index contributed by atoms with van der Waals surface area (Å²) in [5, 5.41) is 0. The fourth-order valence-corrected chi connectivity index (χ4v) is 1.51. The zero-order chi connectivity index (χ0) is 11.4. The van der Waals surface area contributed by atoms with E-state index in [0.717, 1.165) is 6.42 Å². The molecule has 0 radical (unpaired) electrons. The van der Waals surface area contributed by atoms with E-state index in [4.69, 9.17) is 4.74 Å². The smallest absolute Gasteiger partial charge is 0.153 e. The third-order valence-electron chi connectivity index (χ3n) is 2.07. The molecule has 0 fully saturated rings. The molecule has 0 bridgehead atoms. The highest BCUT2D eigenvalue weighted by Gasteiger charge is 2.10. The van der Waals surface area contributed by atoms with Crippen molar-refractivity contribution in [1.82, 2.24) is 0 Å². The molecule has 0 saturated heterocycles. The topological polar surface area (TPSA) is 26.3 Å². The number of halogens is 2. The lowest BCUT2D eigenvalue weighted by molar-refractivity contribution is 0.111. The Morgan fingerprint density at radius 1 is 1.60 bits per heavy atom. The molecule has 4 heteroatoms. The van der Waals surface area contributed by atoms with Crippen LogP contribution in [0, 0.1) is 5.82 Å². The van der Waals surface area contributed by atoms with Crippen LogP contribution < -0.4 is 4.74 Å². The third-order valence-corrected chi connectivity index (χ3v) is 2.65. The molecule has 1 unspecified atom stereocenters. The van der Waals surface area contributed by atoms with E-state index < -0.39 is 5.82 Å². The molecule has 1 atom stereocenters. The molecule has 0 aliphatic carbocycles. The Balaban J connectivity index is 3.00. The van der Waals surface area contributed by atoms with Crippen molar-refractivity contribution in [3.05, 3.63) is 28.0 Å². The second-order valence-corrected chi connectivity index (χ2v) is 4.12. The summed E-state index contributed by atoms with van der Waals surface area (Å²) in [6.07, 6.45) is 1.37. The predicted molar refractivity (Wildman–Crippen MR) is 59.9 cm³/mol. The first kappa shape index (κ1) is 12.2. The molecular weight excluding hydrogens is 263 g/mol. The van der Waals surface area contributed by atoms with E-state index in [1.54, 1.807) is 0 Å². The highest BCUT2D eigenvalue weighted by molar-refractivity contribution is 9.10. The molecule has 0 aliphatic heterocycles. The fraction of sp³-hybridized carbons (Fsp3) is 0.364. The van der Waals surface area contributed by atoms with Gasteiger partial charge in [-0.2, -0.15) is 0 Å². The summed E-state index contributed by atoms with van der Waals surface area (Å²) in [6.45, 7) is 3.90. The molecule has 1 aromatic rings. The first-order chi connectivity index (χ1) is 7.08. The lowest BCUT2D eigenvalue weighted by Crippen LogP contribution is -2.10. The van der Waals surface area contributed by atoms with Gasteiger partial charge in [0, 0.05) is 0 Å². The number of aldehydes is 1. The minimum absolute atomic E-state index is 0.00248. The van der Waals surface area contributed by atoms with Gasteiger partial charge in [0.25, 0.3) is 0 Å². The van der Waals surface area contributed by atoms with E-state index in [1.807, 2.05) is 13.8 Å². The lowest BCUT2D eigenvalue weighted by Gasteiger charge is -2.13. The number of ether oxygens (including phenoxy) is 1. The Hall–Kier alpha value is -0.900. The number of hydrogen-bond acceptors (Lipinski definition) is 2. The number of benzene rings is 1. The normalized spacial score (nSPS) is 12.3. The van der Waals surface area contributed by atoms with Gasteiger partial charge in [-0.3, -0.25) is 4.79 Å². The maximum atomic E-state index is 13.3. The molecular formula is C11H12BrFO2.